The number of nitrogens with zero attached hydrogens (tertiary/aromatic N) is 2. The number of pyridine rings is 1. The predicted octanol–water partition coefficient (Wildman–Crippen LogP) is 2.12. The molecule has 2 fully saturated rings. The van der Waals surface area contributed by atoms with Gasteiger partial charge < -0.3 is 14.4 Å². The number of hydrogen-bond acceptors (Lipinski definition) is 4. The molecule has 2 unspecified atom stereocenters. The minimum absolute atomic E-state index is 0.0330. The first-order chi connectivity index (χ1) is 10.9. The van der Waals surface area contributed by atoms with Gasteiger partial charge in [0.1, 0.15) is 6.10 Å². The summed E-state index contributed by atoms with van der Waals surface area (Å²) in [6.45, 7) is 1.95. The second-order valence-electron chi connectivity index (χ2n) is 5.75. The van der Waals surface area contributed by atoms with E-state index >= 15 is 0 Å². The van der Waals surface area contributed by atoms with E-state index in [0.717, 1.165) is 24.8 Å². The Morgan fingerprint density at radius 3 is 2.91 bits per heavy atom. The first-order valence-electron chi connectivity index (χ1n) is 7.50. The van der Waals surface area contributed by atoms with E-state index in [1.165, 1.54) is 0 Å². The highest BCUT2D eigenvalue weighted by atomic mass is 19.4. The van der Waals surface area contributed by atoms with Crippen molar-refractivity contribution < 1.29 is 27.4 Å². The molecule has 126 valence electrons. The van der Waals surface area contributed by atoms with E-state index in [-0.39, 0.29) is 23.8 Å². The van der Waals surface area contributed by atoms with Crippen molar-refractivity contribution in [3.05, 3.63) is 23.9 Å². The molecular formula is C15H17F3N2O3. The van der Waals surface area contributed by atoms with Gasteiger partial charge >= 0.3 is 6.18 Å². The maximum Gasteiger partial charge on any atom is 0.416 e. The Balaban J connectivity index is 1.58. The van der Waals surface area contributed by atoms with Gasteiger partial charge in [-0.15, -0.1) is 0 Å². The maximum absolute atomic E-state index is 12.7. The van der Waals surface area contributed by atoms with Crippen LogP contribution in [0.2, 0.25) is 0 Å². The summed E-state index contributed by atoms with van der Waals surface area (Å²) in [5.41, 5.74) is -0.795. The zero-order valence-corrected chi connectivity index (χ0v) is 12.4. The molecule has 0 spiro atoms. The lowest BCUT2D eigenvalue weighted by Crippen LogP contribution is -2.36. The predicted molar refractivity (Wildman–Crippen MR) is 73.8 cm³/mol. The SMILES string of the molecule is O=C(C1CCOC1)N1CCC(Oc2cc(C(F)(F)F)ccn2)C1. The van der Waals surface area contributed by atoms with Gasteiger partial charge in [-0.1, -0.05) is 0 Å². The maximum atomic E-state index is 12.7. The van der Waals surface area contributed by atoms with E-state index in [4.69, 9.17) is 9.47 Å². The van der Waals surface area contributed by atoms with Gasteiger partial charge in [-0.2, -0.15) is 13.2 Å². The number of aromatic nitrogens is 1. The molecule has 0 N–H and O–H groups in total. The fraction of sp³-hybridized carbons (Fsp3) is 0.600. The first-order valence-corrected chi connectivity index (χ1v) is 7.50. The average molecular weight is 330 g/mol. The molecule has 1 aromatic rings. The van der Waals surface area contributed by atoms with E-state index in [0.29, 0.717) is 32.7 Å². The number of likely N-dealkylation sites (tertiary alicyclic amines) is 1. The molecule has 0 saturated carbocycles. The van der Waals surface area contributed by atoms with Crippen molar-refractivity contribution in [2.45, 2.75) is 25.1 Å². The molecule has 2 atom stereocenters. The molecule has 0 bridgehead atoms. The van der Waals surface area contributed by atoms with Gasteiger partial charge in [0.2, 0.25) is 11.8 Å². The van der Waals surface area contributed by atoms with Gasteiger partial charge in [-0.25, -0.2) is 4.98 Å². The number of rotatable bonds is 3. The van der Waals surface area contributed by atoms with Crippen molar-refractivity contribution in [1.82, 2.24) is 9.88 Å². The lowest BCUT2D eigenvalue weighted by atomic mass is 10.1. The summed E-state index contributed by atoms with van der Waals surface area (Å²) in [4.78, 5) is 17.8. The molecule has 2 aliphatic rings. The average Bonchev–Trinajstić information content (AvgIpc) is 3.17. The van der Waals surface area contributed by atoms with E-state index in [9.17, 15) is 18.0 Å². The van der Waals surface area contributed by atoms with Crippen LogP contribution < -0.4 is 4.74 Å². The minimum Gasteiger partial charge on any atom is -0.472 e. The lowest BCUT2D eigenvalue weighted by Gasteiger charge is -2.20. The summed E-state index contributed by atoms with van der Waals surface area (Å²) >= 11 is 0. The van der Waals surface area contributed by atoms with Gasteiger partial charge in [0.15, 0.2) is 0 Å². The molecule has 0 aliphatic carbocycles. The monoisotopic (exact) mass is 330 g/mol. The largest absolute Gasteiger partial charge is 0.472 e. The van der Waals surface area contributed by atoms with Crippen molar-refractivity contribution in [3.63, 3.8) is 0 Å². The van der Waals surface area contributed by atoms with Crippen LogP contribution >= 0.6 is 0 Å². The van der Waals surface area contributed by atoms with E-state index in [1.807, 2.05) is 0 Å². The molecule has 0 radical (unpaired) electrons. The van der Waals surface area contributed by atoms with Crippen molar-refractivity contribution in [3.8, 4) is 5.88 Å². The molecule has 2 saturated heterocycles. The Labute approximate surface area is 131 Å². The Kier molecular flexibility index (Phi) is 4.43. The van der Waals surface area contributed by atoms with Crippen LogP contribution in [-0.4, -0.2) is 48.2 Å². The fourth-order valence-corrected chi connectivity index (χ4v) is 2.83. The van der Waals surface area contributed by atoms with Crippen molar-refractivity contribution >= 4 is 5.91 Å². The molecule has 1 amide bonds. The molecule has 1 aromatic heterocycles. The summed E-state index contributed by atoms with van der Waals surface area (Å²) in [5, 5.41) is 0. The zero-order valence-electron chi connectivity index (χ0n) is 12.4. The molecular weight excluding hydrogens is 313 g/mol. The normalized spacial score (nSPS) is 24.9. The number of carbonyl (C=O) groups excluding carboxylic acids is 1. The number of carbonyl (C=O) groups is 1. The summed E-state index contributed by atoms with van der Waals surface area (Å²) in [6.07, 6.45) is -2.39. The highest BCUT2D eigenvalue weighted by Crippen LogP contribution is 2.31. The van der Waals surface area contributed by atoms with Crippen LogP contribution in [-0.2, 0) is 15.7 Å². The topological polar surface area (TPSA) is 51.7 Å². The fourth-order valence-electron chi connectivity index (χ4n) is 2.83. The molecule has 3 rings (SSSR count). The van der Waals surface area contributed by atoms with Crippen LogP contribution in [0.5, 0.6) is 5.88 Å². The van der Waals surface area contributed by atoms with Crippen LogP contribution in [0, 0.1) is 5.92 Å². The van der Waals surface area contributed by atoms with Gasteiger partial charge in [0, 0.05) is 31.8 Å². The third-order valence-corrected chi connectivity index (χ3v) is 4.09. The molecule has 8 heteroatoms. The smallest absolute Gasteiger partial charge is 0.416 e. The highest BCUT2D eigenvalue weighted by molar-refractivity contribution is 5.79. The van der Waals surface area contributed by atoms with Crippen molar-refractivity contribution in [2.75, 3.05) is 26.3 Å². The summed E-state index contributed by atoms with van der Waals surface area (Å²) < 4.78 is 48.7. The van der Waals surface area contributed by atoms with Crippen LogP contribution in [0.1, 0.15) is 18.4 Å². The van der Waals surface area contributed by atoms with Gasteiger partial charge in [0.05, 0.1) is 24.6 Å². The number of ether oxygens (including phenoxy) is 2. The van der Waals surface area contributed by atoms with E-state index in [2.05, 4.69) is 4.98 Å². The van der Waals surface area contributed by atoms with Crippen LogP contribution in [0.4, 0.5) is 13.2 Å². The standard InChI is InChI=1S/C15H17F3N2O3/c16-15(17,18)11-1-4-19-13(7-11)23-12-2-5-20(8-12)14(21)10-3-6-22-9-10/h1,4,7,10,12H,2-3,5-6,8-9H2. The molecule has 3 heterocycles. The minimum atomic E-state index is -4.43. The number of halogens is 3. The Hall–Kier alpha value is -1.83. The number of hydrogen-bond donors (Lipinski definition) is 0. The number of amides is 1. The molecule has 0 aromatic carbocycles. The summed E-state index contributed by atoms with van der Waals surface area (Å²) in [6, 6.07) is 1.78. The first kappa shape index (κ1) is 16.0. The molecule has 5 nitrogen and oxygen atoms in total. The number of alkyl halides is 3. The Bertz CT molecular complexity index is 573. The van der Waals surface area contributed by atoms with Crippen molar-refractivity contribution in [2.24, 2.45) is 5.92 Å². The molecule has 23 heavy (non-hydrogen) atoms. The highest BCUT2D eigenvalue weighted by Gasteiger charge is 2.34. The van der Waals surface area contributed by atoms with E-state index in [1.54, 1.807) is 4.90 Å². The Morgan fingerprint density at radius 2 is 2.22 bits per heavy atom. The van der Waals surface area contributed by atoms with Crippen LogP contribution in [0.25, 0.3) is 0 Å². The third-order valence-electron chi connectivity index (χ3n) is 4.09. The Morgan fingerprint density at radius 1 is 1.39 bits per heavy atom. The van der Waals surface area contributed by atoms with Gasteiger partial charge in [-0.05, 0) is 12.5 Å². The van der Waals surface area contributed by atoms with Crippen LogP contribution in [0.3, 0.4) is 0 Å². The van der Waals surface area contributed by atoms with Gasteiger partial charge in [0.25, 0.3) is 0 Å². The zero-order chi connectivity index (χ0) is 16.4. The quantitative estimate of drug-likeness (QED) is 0.852. The van der Waals surface area contributed by atoms with Crippen LogP contribution in [0.15, 0.2) is 18.3 Å². The summed E-state index contributed by atoms with van der Waals surface area (Å²) in [5.74, 6) is -0.144. The lowest BCUT2D eigenvalue weighted by molar-refractivity contribution is -0.137. The second-order valence-corrected chi connectivity index (χ2v) is 5.75. The molecule has 2 aliphatic heterocycles. The summed E-state index contributed by atoms with van der Waals surface area (Å²) in [7, 11) is 0. The third kappa shape index (κ3) is 3.74. The van der Waals surface area contributed by atoms with Crippen molar-refractivity contribution in [1.29, 1.82) is 0 Å². The van der Waals surface area contributed by atoms with Gasteiger partial charge in [-0.3, -0.25) is 4.79 Å². The van der Waals surface area contributed by atoms with E-state index < -0.39 is 11.7 Å². The second kappa shape index (κ2) is 6.35.